The van der Waals surface area contributed by atoms with Crippen LogP contribution in [0.1, 0.15) is 36.0 Å². The van der Waals surface area contributed by atoms with Crippen molar-refractivity contribution in [2.45, 2.75) is 31.8 Å². The number of nitrogens with one attached hydrogen (secondary N) is 2. The smallest absolute Gasteiger partial charge is 0.282 e. The zero-order valence-electron chi connectivity index (χ0n) is 13.8. The molecule has 2 aliphatic rings. The molecule has 0 saturated carbocycles. The maximum atomic E-state index is 12.5. The first-order chi connectivity index (χ1) is 10.9. The van der Waals surface area contributed by atoms with Crippen LogP contribution in [0.25, 0.3) is 0 Å². The Labute approximate surface area is 137 Å². The number of nitrogens with zero attached hydrogens (tertiary/aromatic N) is 4. The summed E-state index contributed by atoms with van der Waals surface area (Å²) in [7, 11) is 1.49. The van der Waals surface area contributed by atoms with Crippen LogP contribution in [0.2, 0.25) is 0 Å². The highest BCUT2D eigenvalue weighted by molar-refractivity contribution is 7.86. The maximum Gasteiger partial charge on any atom is 0.282 e. The van der Waals surface area contributed by atoms with Gasteiger partial charge in [0.25, 0.3) is 10.2 Å². The molecule has 1 saturated heterocycles. The Balaban J connectivity index is 2.01. The van der Waals surface area contributed by atoms with E-state index in [2.05, 4.69) is 15.6 Å². The largest absolute Gasteiger partial charge is 0.373 e. The van der Waals surface area contributed by atoms with Gasteiger partial charge in [0.2, 0.25) is 0 Å². The van der Waals surface area contributed by atoms with Crippen molar-refractivity contribution in [1.82, 2.24) is 23.9 Å². The van der Waals surface area contributed by atoms with E-state index in [4.69, 9.17) is 4.98 Å². The molecule has 9 heteroatoms. The van der Waals surface area contributed by atoms with Crippen LogP contribution >= 0.6 is 0 Å². The Hall–Kier alpha value is -1.29. The van der Waals surface area contributed by atoms with Gasteiger partial charge in [-0.05, 0) is 12.8 Å². The van der Waals surface area contributed by atoms with Gasteiger partial charge in [-0.25, -0.2) is 9.97 Å². The average Bonchev–Trinajstić information content (AvgIpc) is 3.04. The van der Waals surface area contributed by atoms with Crippen LogP contribution in [0, 0.1) is 0 Å². The van der Waals surface area contributed by atoms with Crippen LogP contribution in [0.5, 0.6) is 0 Å². The van der Waals surface area contributed by atoms with Crippen LogP contribution in [-0.2, 0) is 23.2 Å². The Morgan fingerprint density at radius 1 is 1.35 bits per heavy atom. The van der Waals surface area contributed by atoms with E-state index in [1.165, 1.54) is 8.61 Å². The second kappa shape index (κ2) is 6.31. The fraction of sp³-hybridized carbons (Fsp3) is 0.714. The summed E-state index contributed by atoms with van der Waals surface area (Å²) >= 11 is 0. The molecule has 128 valence electrons. The van der Waals surface area contributed by atoms with Crippen LogP contribution in [0.4, 0.5) is 5.82 Å². The molecular weight excluding hydrogens is 316 g/mol. The van der Waals surface area contributed by atoms with Crippen molar-refractivity contribution in [2.75, 3.05) is 39.5 Å². The first kappa shape index (κ1) is 16.6. The Bertz CT molecular complexity index is 674. The molecule has 1 aromatic heterocycles. The standard InChI is InChI=1S/C14H24N6O2S/c1-15-13-10-9-16-7-6-11(10)17-14(18-13)12-5-4-8-20(12)23(21,22)19(2)3/h12,16H,4-9H2,1-3H3,(H,15,17,18). The molecule has 0 radical (unpaired) electrons. The third-order valence-electron chi connectivity index (χ3n) is 4.45. The lowest BCUT2D eigenvalue weighted by Crippen LogP contribution is -2.40. The highest BCUT2D eigenvalue weighted by Crippen LogP contribution is 2.34. The summed E-state index contributed by atoms with van der Waals surface area (Å²) in [4.78, 5) is 9.33. The number of hydrogen-bond acceptors (Lipinski definition) is 6. The van der Waals surface area contributed by atoms with Gasteiger partial charge in [0, 0.05) is 52.8 Å². The van der Waals surface area contributed by atoms with Gasteiger partial charge in [-0.3, -0.25) is 0 Å². The summed E-state index contributed by atoms with van der Waals surface area (Å²) in [6, 6.07) is -0.283. The fourth-order valence-electron chi connectivity index (χ4n) is 3.20. The maximum absolute atomic E-state index is 12.5. The zero-order valence-corrected chi connectivity index (χ0v) is 14.7. The Morgan fingerprint density at radius 2 is 2.13 bits per heavy atom. The van der Waals surface area contributed by atoms with Gasteiger partial charge in [0.1, 0.15) is 11.6 Å². The Kier molecular flexibility index (Phi) is 4.54. The quantitative estimate of drug-likeness (QED) is 0.808. The number of rotatable bonds is 4. The lowest BCUT2D eigenvalue weighted by Gasteiger charge is -2.27. The average molecular weight is 340 g/mol. The molecule has 0 bridgehead atoms. The first-order valence-corrected chi connectivity index (χ1v) is 9.32. The number of anilines is 1. The molecule has 1 aromatic rings. The van der Waals surface area contributed by atoms with Crippen LogP contribution in [0.15, 0.2) is 0 Å². The monoisotopic (exact) mass is 340 g/mol. The summed E-state index contributed by atoms with van der Waals surface area (Å²) in [5, 5.41) is 6.45. The van der Waals surface area contributed by atoms with Crippen molar-refractivity contribution in [3.63, 3.8) is 0 Å². The predicted molar refractivity (Wildman–Crippen MR) is 88.3 cm³/mol. The predicted octanol–water partition coefficient (Wildman–Crippen LogP) is 0.107. The highest BCUT2D eigenvalue weighted by Gasteiger charge is 2.38. The topological polar surface area (TPSA) is 90.5 Å². The van der Waals surface area contributed by atoms with Gasteiger partial charge in [-0.2, -0.15) is 17.0 Å². The molecule has 1 unspecified atom stereocenters. The van der Waals surface area contributed by atoms with Crippen LogP contribution in [0.3, 0.4) is 0 Å². The number of fused-ring (bicyclic) bond motifs is 1. The molecule has 0 aromatic carbocycles. The third kappa shape index (κ3) is 2.93. The van der Waals surface area contributed by atoms with Crippen molar-refractivity contribution in [2.24, 2.45) is 0 Å². The second-order valence-electron chi connectivity index (χ2n) is 6.09. The molecule has 0 amide bonds. The minimum atomic E-state index is -3.46. The molecule has 23 heavy (non-hydrogen) atoms. The number of aromatic nitrogens is 2. The molecule has 3 rings (SSSR count). The molecule has 1 fully saturated rings. The van der Waals surface area contributed by atoms with Gasteiger partial charge >= 0.3 is 0 Å². The van der Waals surface area contributed by atoms with Gasteiger partial charge in [0.05, 0.1) is 11.7 Å². The molecule has 0 spiro atoms. The van der Waals surface area contributed by atoms with Crippen LogP contribution < -0.4 is 10.6 Å². The van der Waals surface area contributed by atoms with E-state index >= 15 is 0 Å². The summed E-state index contributed by atoms with van der Waals surface area (Å²) in [6.45, 7) is 2.15. The molecular formula is C14H24N6O2S. The van der Waals surface area contributed by atoms with Crippen LogP contribution in [-0.4, -0.2) is 61.2 Å². The molecule has 0 aliphatic carbocycles. The van der Waals surface area contributed by atoms with E-state index < -0.39 is 10.2 Å². The zero-order chi connectivity index (χ0) is 16.6. The molecule has 2 N–H and O–H groups in total. The minimum Gasteiger partial charge on any atom is -0.373 e. The molecule has 8 nitrogen and oxygen atoms in total. The van der Waals surface area contributed by atoms with E-state index in [1.807, 2.05) is 7.05 Å². The van der Waals surface area contributed by atoms with Crippen molar-refractivity contribution >= 4 is 16.0 Å². The SMILES string of the molecule is CNc1nc(C2CCCN2S(=O)(=O)N(C)C)nc2c1CNCC2. The van der Waals surface area contributed by atoms with E-state index in [0.29, 0.717) is 12.4 Å². The van der Waals surface area contributed by atoms with E-state index in [1.54, 1.807) is 14.1 Å². The van der Waals surface area contributed by atoms with Gasteiger partial charge in [0.15, 0.2) is 0 Å². The molecule has 2 aliphatic heterocycles. The van der Waals surface area contributed by atoms with Gasteiger partial charge in [-0.1, -0.05) is 0 Å². The van der Waals surface area contributed by atoms with Crippen molar-refractivity contribution < 1.29 is 8.42 Å². The minimum absolute atomic E-state index is 0.283. The van der Waals surface area contributed by atoms with Gasteiger partial charge < -0.3 is 10.6 Å². The summed E-state index contributed by atoms with van der Waals surface area (Å²) in [6.07, 6.45) is 2.43. The molecule has 3 heterocycles. The first-order valence-electron chi connectivity index (χ1n) is 7.92. The van der Waals surface area contributed by atoms with Gasteiger partial charge in [-0.15, -0.1) is 0 Å². The summed E-state index contributed by atoms with van der Waals surface area (Å²) in [5.41, 5.74) is 2.11. The number of hydrogen-bond donors (Lipinski definition) is 2. The van der Waals surface area contributed by atoms with Crippen molar-refractivity contribution in [3.05, 3.63) is 17.1 Å². The normalized spacial score (nSPS) is 22.3. The highest BCUT2D eigenvalue weighted by atomic mass is 32.2. The second-order valence-corrected chi connectivity index (χ2v) is 8.19. The van der Waals surface area contributed by atoms with E-state index in [0.717, 1.165) is 49.4 Å². The van der Waals surface area contributed by atoms with E-state index in [9.17, 15) is 8.42 Å². The molecule has 1 atom stereocenters. The van der Waals surface area contributed by atoms with Crippen molar-refractivity contribution in [1.29, 1.82) is 0 Å². The summed E-state index contributed by atoms with van der Waals surface area (Å²) < 4.78 is 27.8. The lowest BCUT2D eigenvalue weighted by molar-refractivity contribution is 0.352. The lowest BCUT2D eigenvalue weighted by atomic mass is 10.1. The third-order valence-corrected chi connectivity index (χ3v) is 6.40. The Morgan fingerprint density at radius 3 is 2.83 bits per heavy atom. The fourth-order valence-corrected chi connectivity index (χ4v) is 4.50. The summed E-state index contributed by atoms with van der Waals surface area (Å²) in [5.74, 6) is 1.41. The van der Waals surface area contributed by atoms with Crippen molar-refractivity contribution in [3.8, 4) is 0 Å². The van der Waals surface area contributed by atoms with E-state index in [-0.39, 0.29) is 6.04 Å².